The third-order valence-corrected chi connectivity index (χ3v) is 3.90. The Morgan fingerprint density at radius 2 is 1.65 bits per heavy atom. The first-order valence-corrected chi connectivity index (χ1v) is 8.28. The molecule has 0 aliphatic rings. The third-order valence-electron chi connectivity index (χ3n) is 3.90. The molecule has 0 saturated carbocycles. The van der Waals surface area contributed by atoms with E-state index in [0.717, 1.165) is 11.1 Å². The van der Waals surface area contributed by atoms with Crippen LogP contribution in [0.25, 0.3) is 28.6 Å². The van der Waals surface area contributed by atoms with E-state index in [-0.39, 0.29) is 5.91 Å². The molecule has 4 rings (SSSR count). The number of amides is 1. The summed E-state index contributed by atoms with van der Waals surface area (Å²) < 4.78 is 5.78. The Labute approximate surface area is 150 Å². The number of rotatable bonds is 4. The molecule has 4 heteroatoms. The van der Waals surface area contributed by atoms with Gasteiger partial charge in [-0.3, -0.25) is 4.79 Å². The highest BCUT2D eigenvalue weighted by molar-refractivity contribution is 6.02. The van der Waals surface area contributed by atoms with Crippen LogP contribution in [0.5, 0.6) is 0 Å². The van der Waals surface area contributed by atoms with Crippen LogP contribution < -0.4 is 5.32 Å². The zero-order valence-electron chi connectivity index (χ0n) is 13.9. The first-order chi connectivity index (χ1) is 12.8. The van der Waals surface area contributed by atoms with Crippen molar-refractivity contribution in [3.63, 3.8) is 0 Å². The molecule has 0 aliphatic carbocycles. The Bertz CT molecular complexity index is 1070. The predicted octanol–water partition coefficient (Wildman–Crippen LogP) is 5.15. The lowest BCUT2D eigenvalue weighted by Gasteiger charge is -2.01. The van der Waals surface area contributed by atoms with Crippen LogP contribution in [0.2, 0.25) is 0 Å². The van der Waals surface area contributed by atoms with Crippen LogP contribution in [-0.4, -0.2) is 10.9 Å². The van der Waals surface area contributed by atoms with Crippen LogP contribution in [-0.2, 0) is 4.79 Å². The van der Waals surface area contributed by atoms with Gasteiger partial charge < -0.3 is 9.73 Å². The molecule has 0 radical (unpaired) electrons. The molecule has 4 aromatic rings. The molecule has 3 aromatic carbocycles. The fourth-order valence-corrected chi connectivity index (χ4v) is 2.63. The molecular weight excluding hydrogens is 324 g/mol. The summed E-state index contributed by atoms with van der Waals surface area (Å²) in [5.74, 6) is 0.369. The topological polar surface area (TPSA) is 55.1 Å². The first-order valence-electron chi connectivity index (χ1n) is 8.28. The lowest BCUT2D eigenvalue weighted by Crippen LogP contribution is -2.07. The summed E-state index contributed by atoms with van der Waals surface area (Å²) in [5, 5.41) is 2.85. The number of oxazole rings is 1. The summed E-state index contributed by atoms with van der Waals surface area (Å²) in [6.07, 6.45) is 3.29. The van der Waals surface area contributed by atoms with Crippen LogP contribution in [0.4, 0.5) is 5.69 Å². The lowest BCUT2D eigenvalue weighted by atomic mass is 10.2. The Morgan fingerprint density at radius 3 is 2.42 bits per heavy atom. The van der Waals surface area contributed by atoms with Crippen molar-refractivity contribution < 1.29 is 9.21 Å². The maximum atomic E-state index is 12.1. The molecule has 0 saturated heterocycles. The highest BCUT2D eigenvalue weighted by Gasteiger charge is 2.09. The molecule has 26 heavy (non-hydrogen) atoms. The number of hydrogen-bond acceptors (Lipinski definition) is 3. The van der Waals surface area contributed by atoms with Crippen molar-refractivity contribution in [3.8, 4) is 11.5 Å². The second kappa shape index (κ2) is 7.07. The summed E-state index contributed by atoms with van der Waals surface area (Å²) in [4.78, 5) is 16.6. The molecule has 1 heterocycles. The van der Waals surface area contributed by atoms with Crippen molar-refractivity contribution in [2.75, 3.05) is 5.32 Å². The molecule has 1 aromatic heterocycles. The highest BCUT2D eigenvalue weighted by Crippen LogP contribution is 2.26. The number of fused-ring (bicyclic) bond motifs is 1. The number of anilines is 1. The average molecular weight is 340 g/mol. The molecule has 126 valence electrons. The van der Waals surface area contributed by atoms with Gasteiger partial charge in [-0.25, -0.2) is 4.98 Å². The van der Waals surface area contributed by atoms with E-state index in [1.165, 1.54) is 6.08 Å². The van der Waals surface area contributed by atoms with Crippen LogP contribution in [0.3, 0.4) is 0 Å². The van der Waals surface area contributed by atoms with Crippen molar-refractivity contribution in [1.82, 2.24) is 4.98 Å². The Hall–Kier alpha value is -3.66. The standard InChI is InChI=1S/C22H16N2O2/c25-21(14-11-16-7-3-1-4-8-16)23-18-12-13-20-19(15-18)24-22(26-20)17-9-5-2-6-10-17/h1-15H,(H,23,25)/b14-11-. The Balaban J connectivity index is 1.52. The quantitative estimate of drug-likeness (QED) is 0.523. The smallest absolute Gasteiger partial charge is 0.248 e. The van der Waals surface area contributed by atoms with Crippen LogP contribution in [0.1, 0.15) is 5.56 Å². The largest absolute Gasteiger partial charge is 0.436 e. The maximum Gasteiger partial charge on any atom is 0.248 e. The van der Waals surface area contributed by atoms with E-state index in [2.05, 4.69) is 10.3 Å². The highest BCUT2D eigenvalue weighted by atomic mass is 16.3. The minimum Gasteiger partial charge on any atom is -0.436 e. The van der Waals surface area contributed by atoms with Gasteiger partial charge in [0.15, 0.2) is 5.58 Å². The minimum atomic E-state index is -0.194. The van der Waals surface area contributed by atoms with Gasteiger partial charge in [-0.2, -0.15) is 0 Å². The van der Waals surface area contributed by atoms with Crippen molar-refractivity contribution in [2.45, 2.75) is 0 Å². The van der Waals surface area contributed by atoms with E-state index in [4.69, 9.17) is 4.42 Å². The maximum absolute atomic E-state index is 12.1. The summed E-state index contributed by atoms with van der Waals surface area (Å²) in [6, 6.07) is 24.8. The van der Waals surface area contributed by atoms with Gasteiger partial charge >= 0.3 is 0 Å². The van der Waals surface area contributed by atoms with Gasteiger partial charge in [0.25, 0.3) is 0 Å². The second-order valence-corrected chi connectivity index (χ2v) is 5.80. The molecule has 1 amide bonds. The number of benzene rings is 3. The minimum absolute atomic E-state index is 0.194. The monoisotopic (exact) mass is 340 g/mol. The molecule has 0 unspecified atom stereocenters. The van der Waals surface area contributed by atoms with Gasteiger partial charge in [-0.15, -0.1) is 0 Å². The van der Waals surface area contributed by atoms with Crippen LogP contribution in [0.15, 0.2) is 89.4 Å². The molecule has 0 fully saturated rings. The van der Waals surface area contributed by atoms with Gasteiger partial charge in [0.05, 0.1) is 0 Å². The van der Waals surface area contributed by atoms with Crippen molar-refractivity contribution in [1.29, 1.82) is 0 Å². The zero-order chi connectivity index (χ0) is 17.8. The predicted molar refractivity (Wildman–Crippen MR) is 104 cm³/mol. The molecule has 0 bridgehead atoms. The van der Waals surface area contributed by atoms with E-state index in [1.807, 2.05) is 66.7 Å². The Kier molecular flexibility index (Phi) is 4.31. The number of nitrogens with one attached hydrogen (secondary N) is 1. The Morgan fingerprint density at radius 1 is 0.923 bits per heavy atom. The number of hydrogen-bond donors (Lipinski definition) is 1. The number of nitrogens with zero attached hydrogens (tertiary/aromatic N) is 1. The molecular formula is C22H16N2O2. The van der Waals surface area contributed by atoms with E-state index in [0.29, 0.717) is 22.7 Å². The molecule has 0 spiro atoms. The average Bonchev–Trinajstić information content (AvgIpc) is 3.11. The molecule has 4 nitrogen and oxygen atoms in total. The van der Waals surface area contributed by atoms with E-state index < -0.39 is 0 Å². The van der Waals surface area contributed by atoms with Gasteiger partial charge in [0, 0.05) is 17.3 Å². The lowest BCUT2D eigenvalue weighted by molar-refractivity contribution is -0.111. The van der Waals surface area contributed by atoms with E-state index in [1.54, 1.807) is 18.2 Å². The van der Waals surface area contributed by atoms with Gasteiger partial charge in [0.2, 0.25) is 11.8 Å². The fourth-order valence-electron chi connectivity index (χ4n) is 2.63. The van der Waals surface area contributed by atoms with Gasteiger partial charge in [0.1, 0.15) is 5.52 Å². The number of carbonyl (C=O) groups is 1. The number of aromatic nitrogens is 1. The fraction of sp³-hybridized carbons (Fsp3) is 0. The normalized spacial score (nSPS) is 11.1. The van der Waals surface area contributed by atoms with Crippen molar-refractivity contribution >= 4 is 28.8 Å². The summed E-state index contributed by atoms with van der Waals surface area (Å²) in [7, 11) is 0. The number of carbonyl (C=O) groups excluding carboxylic acids is 1. The molecule has 1 N–H and O–H groups in total. The van der Waals surface area contributed by atoms with Gasteiger partial charge in [-0.05, 0) is 42.0 Å². The first kappa shape index (κ1) is 15.8. The van der Waals surface area contributed by atoms with Crippen molar-refractivity contribution in [2.24, 2.45) is 0 Å². The molecule has 0 aliphatic heterocycles. The van der Waals surface area contributed by atoms with Gasteiger partial charge in [-0.1, -0.05) is 48.5 Å². The second-order valence-electron chi connectivity index (χ2n) is 5.80. The van der Waals surface area contributed by atoms with E-state index >= 15 is 0 Å². The summed E-state index contributed by atoms with van der Waals surface area (Å²) in [6.45, 7) is 0. The summed E-state index contributed by atoms with van der Waals surface area (Å²) in [5.41, 5.74) is 3.95. The van der Waals surface area contributed by atoms with E-state index in [9.17, 15) is 4.79 Å². The third kappa shape index (κ3) is 3.54. The zero-order valence-corrected chi connectivity index (χ0v) is 13.9. The van der Waals surface area contributed by atoms with Crippen LogP contribution >= 0.6 is 0 Å². The molecule has 0 atom stereocenters. The van der Waals surface area contributed by atoms with Crippen molar-refractivity contribution in [3.05, 3.63) is 90.5 Å². The summed E-state index contributed by atoms with van der Waals surface area (Å²) >= 11 is 0. The SMILES string of the molecule is O=C(/C=C\c1ccccc1)Nc1ccc2oc(-c3ccccc3)nc2c1. The van der Waals surface area contributed by atoms with Crippen LogP contribution in [0, 0.1) is 0 Å².